The second-order valence-electron chi connectivity index (χ2n) is 3.65. The van der Waals surface area contributed by atoms with E-state index in [-0.39, 0.29) is 25.7 Å². The second kappa shape index (κ2) is 5.92. The molecule has 1 aliphatic rings. The minimum Gasteiger partial charge on any atom is -0.480 e. The Bertz CT molecular complexity index is 316. The van der Waals surface area contributed by atoms with Crippen LogP contribution >= 0.6 is 0 Å². The number of carboxylic acid groups (broad SMARTS) is 1. The lowest BCUT2D eigenvalue weighted by molar-refractivity contribution is -0.137. The van der Waals surface area contributed by atoms with Gasteiger partial charge in [-0.25, -0.2) is 9.59 Å². The predicted octanol–water partition coefficient (Wildman–Crippen LogP) is -0.660. The molecule has 0 aromatic rings. The lowest BCUT2D eigenvalue weighted by atomic mass is 10.5. The number of carbonyl (C=O) groups is 3. The fourth-order valence-electron chi connectivity index (χ4n) is 1.31. The average Bonchev–Trinajstić information content (AvgIpc) is 3.03. The zero-order chi connectivity index (χ0) is 12.8. The first-order chi connectivity index (χ1) is 8.00. The van der Waals surface area contributed by atoms with Crippen molar-refractivity contribution in [1.29, 1.82) is 0 Å². The summed E-state index contributed by atoms with van der Waals surface area (Å²) in [5, 5.41) is 11.1. The third-order valence-electron chi connectivity index (χ3n) is 2.18. The molecule has 1 fully saturated rings. The van der Waals surface area contributed by atoms with Gasteiger partial charge in [-0.1, -0.05) is 0 Å². The monoisotopic (exact) mass is 245 g/mol. The molecule has 0 radical (unpaired) electrons. The zero-order valence-electron chi connectivity index (χ0n) is 9.22. The Morgan fingerprint density at radius 1 is 1.41 bits per heavy atom. The summed E-state index contributed by atoms with van der Waals surface area (Å²) in [6.45, 7) is -0.259. The van der Waals surface area contributed by atoms with Crippen LogP contribution in [0.25, 0.3) is 0 Å². The summed E-state index contributed by atoms with van der Waals surface area (Å²) in [5.74, 6) is -1.06. The largest absolute Gasteiger partial charge is 0.480 e. The summed E-state index contributed by atoms with van der Waals surface area (Å²) in [4.78, 5) is 33.6. The third-order valence-corrected chi connectivity index (χ3v) is 2.18. The molecule has 0 aromatic heterocycles. The van der Waals surface area contributed by atoms with E-state index in [0.29, 0.717) is 0 Å². The van der Waals surface area contributed by atoms with Crippen LogP contribution in [0.1, 0.15) is 12.8 Å². The summed E-state index contributed by atoms with van der Waals surface area (Å²) >= 11 is 0. The number of ether oxygens (including phenoxy) is 1. The Morgan fingerprint density at radius 3 is 2.53 bits per heavy atom. The van der Waals surface area contributed by atoms with Crippen LogP contribution in [0.2, 0.25) is 0 Å². The summed E-state index contributed by atoms with van der Waals surface area (Å²) < 4.78 is 4.42. The van der Waals surface area contributed by atoms with Crippen LogP contribution in [0.5, 0.6) is 0 Å². The molecule has 1 rings (SSSR count). The lowest BCUT2D eigenvalue weighted by Crippen LogP contribution is -2.45. The normalized spacial score (nSPS) is 13.9. The van der Waals surface area contributed by atoms with Crippen molar-refractivity contribution in [3.63, 3.8) is 0 Å². The van der Waals surface area contributed by atoms with E-state index in [1.165, 1.54) is 4.90 Å². The van der Waals surface area contributed by atoms with Crippen molar-refractivity contribution in [3.8, 4) is 0 Å². The summed E-state index contributed by atoms with van der Waals surface area (Å²) in [6, 6.07) is -0.467. The van der Waals surface area contributed by atoms with Gasteiger partial charge in [-0.2, -0.15) is 0 Å². The third kappa shape index (κ3) is 5.05. The maximum Gasteiger partial charge on any atom is 0.404 e. The van der Waals surface area contributed by atoms with E-state index in [4.69, 9.17) is 10.8 Å². The molecule has 3 amide bonds. The SMILES string of the molecule is NC(=O)OCCNC(=O)N(CC(=O)O)C1CC1. The lowest BCUT2D eigenvalue weighted by Gasteiger charge is -2.20. The number of carboxylic acids is 1. The first kappa shape index (κ1) is 13.1. The Hall–Kier alpha value is -1.99. The highest BCUT2D eigenvalue weighted by atomic mass is 16.5. The maximum absolute atomic E-state index is 11.6. The van der Waals surface area contributed by atoms with Crippen LogP contribution < -0.4 is 11.1 Å². The van der Waals surface area contributed by atoms with Gasteiger partial charge in [0.05, 0.1) is 6.54 Å². The molecule has 0 unspecified atom stereocenters. The topological polar surface area (TPSA) is 122 Å². The minimum absolute atomic E-state index is 0.00292. The molecular weight excluding hydrogens is 230 g/mol. The number of nitrogens with two attached hydrogens (primary N) is 1. The van der Waals surface area contributed by atoms with Crippen LogP contribution in [0.4, 0.5) is 9.59 Å². The second-order valence-corrected chi connectivity index (χ2v) is 3.65. The number of nitrogens with zero attached hydrogens (tertiary/aromatic N) is 1. The van der Waals surface area contributed by atoms with Crippen molar-refractivity contribution in [2.24, 2.45) is 5.73 Å². The van der Waals surface area contributed by atoms with Gasteiger partial charge < -0.3 is 25.8 Å². The number of amides is 3. The number of carbonyl (C=O) groups excluding carboxylic acids is 2. The summed E-state index contributed by atoms with van der Waals surface area (Å²) in [5.41, 5.74) is 4.73. The summed E-state index contributed by atoms with van der Waals surface area (Å²) in [7, 11) is 0. The van der Waals surface area contributed by atoms with Crippen molar-refractivity contribution < 1.29 is 24.2 Å². The van der Waals surface area contributed by atoms with Gasteiger partial charge in [0.15, 0.2) is 0 Å². The molecular formula is C9H15N3O5. The molecule has 4 N–H and O–H groups in total. The molecule has 8 nitrogen and oxygen atoms in total. The first-order valence-electron chi connectivity index (χ1n) is 5.19. The Kier molecular flexibility index (Phi) is 4.56. The maximum atomic E-state index is 11.6. The highest BCUT2D eigenvalue weighted by molar-refractivity contribution is 5.80. The van der Waals surface area contributed by atoms with Crippen molar-refractivity contribution in [3.05, 3.63) is 0 Å². The van der Waals surface area contributed by atoms with E-state index in [9.17, 15) is 14.4 Å². The molecule has 0 aromatic carbocycles. The van der Waals surface area contributed by atoms with Crippen LogP contribution in [-0.4, -0.2) is 53.8 Å². The van der Waals surface area contributed by atoms with Crippen LogP contribution in [0, 0.1) is 0 Å². The van der Waals surface area contributed by atoms with Gasteiger partial charge in [-0.05, 0) is 12.8 Å². The van der Waals surface area contributed by atoms with Crippen LogP contribution in [0.15, 0.2) is 0 Å². The Labute approximate surface area is 97.7 Å². The van der Waals surface area contributed by atoms with Crippen molar-refractivity contribution in [1.82, 2.24) is 10.2 Å². The number of rotatable bonds is 6. The number of urea groups is 1. The molecule has 17 heavy (non-hydrogen) atoms. The van der Waals surface area contributed by atoms with Gasteiger partial charge in [0.25, 0.3) is 0 Å². The van der Waals surface area contributed by atoms with Gasteiger partial charge >= 0.3 is 18.1 Å². The van der Waals surface area contributed by atoms with E-state index in [0.717, 1.165) is 12.8 Å². The molecule has 0 saturated heterocycles. The molecule has 1 saturated carbocycles. The molecule has 0 aliphatic heterocycles. The van der Waals surface area contributed by atoms with Gasteiger partial charge in [0.1, 0.15) is 13.2 Å². The van der Waals surface area contributed by atoms with Crippen LogP contribution in [0.3, 0.4) is 0 Å². The van der Waals surface area contributed by atoms with Crippen LogP contribution in [-0.2, 0) is 9.53 Å². The summed E-state index contributed by atoms with van der Waals surface area (Å²) in [6.07, 6.45) is 0.723. The highest BCUT2D eigenvalue weighted by Crippen LogP contribution is 2.26. The highest BCUT2D eigenvalue weighted by Gasteiger charge is 2.33. The Morgan fingerprint density at radius 2 is 2.06 bits per heavy atom. The van der Waals surface area contributed by atoms with E-state index in [1.54, 1.807) is 0 Å². The zero-order valence-corrected chi connectivity index (χ0v) is 9.22. The average molecular weight is 245 g/mol. The van der Waals surface area contributed by atoms with Gasteiger partial charge in [-0.3, -0.25) is 4.79 Å². The molecule has 0 spiro atoms. The van der Waals surface area contributed by atoms with E-state index >= 15 is 0 Å². The molecule has 1 aliphatic carbocycles. The smallest absolute Gasteiger partial charge is 0.404 e. The molecule has 96 valence electrons. The number of hydrogen-bond acceptors (Lipinski definition) is 4. The fraction of sp³-hybridized carbons (Fsp3) is 0.667. The van der Waals surface area contributed by atoms with Crippen molar-refractivity contribution in [2.45, 2.75) is 18.9 Å². The van der Waals surface area contributed by atoms with E-state index in [1.807, 2.05) is 0 Å². The van der Waals surface area contributed by atoms with Crippen molar-refractivity contribution >= 4 is 18.1 Å². The number of nitrogens with one attached hydrogen (secondary N) is 1. The van der Waals surface area contributed by atoms with E-state index in [2.05, 4.69) is 10.1 Å². The number of hydrogen-bond donors (Lipinski definition) is 3. The predicted molar refractivity (Wildman–Crippen MR) is 56.3 cm³/mol. The van der Waals surface area contributed by atoms with Crippen molar-refractivity contribution in [2.75, 3.05) is 19.7 Å². The van der Waals surface area contributed by atoms with Gasteiger partial charge in [-0.15, -0.1) is 0 Å². The standard InChI is InChI=1S/C9H15N3O5/c10-8(15)17-4-3-11-9(16)12(5-7(13)14)6-1-2-6/h6H,1-5H2,(H2,10,15)(H,11,16)(H,13,14). The minimum atomic E-state index is -1.06. The first-order valence-corrected chi connectivity index (χ1v) is 5.19. The molecule has 0 atom stereocenters. The fourth-order valence-corrected chi connectivity index (χ4v) is 1.31. The molecule has 8 heteroatoms. The van der Waals surface area contributed by atoms with Gasteiger partial charge in [0, 0.05) is 6.04 Å². The Balaban J connectivity index is 2.27. The number of primary amides is 1. The van der Waals surface area contributed by atoms with E-state index < -0.39 is 18.1 Å². The van der Waals surface area contributed by atoms with Gasteiger partial charge in [0.2, 0.25) is 0 Å². The molecule has 0 heterocycles. The quantitative estimate of drug-likeness (QED) is 0.536. The number of aliphatic carboxylic acids is 1. The molecule has 0 bridgehead atoms.